The number of hydrogen-bond acceptors (Lipinski definition) is 5. The van der Waals surface area contributed by atoms with E-state index < -0.39 is 0 Å². The molecular formula is C11H13N5OS. The number of H-pyrrole nitrogens is 1. The van der Waals surface area contributed by atoms with Crippen molar-refractivity contribution in [3.8, 4) is 0 Å². The van der Waals surface area contributed by atoms with E-state index in [-0.39, 0.29) is 12.0 Å². The predicted molar refractivity (Wildman–Crippen MR) is 69.7 cm³/mol. The van der Waals surface area contributed by atoms with E-state index in [1.54, 1.807) is 16.4 Å². The Morgan fingerprint density at radius 2 is 2.44 bits per heavy atom. The smallest absolute Gasteiger partial charge is 0.112 e. The summed E-state index contributed by atoms with van der Waals surface area (Å²) < 4.78 is 1.71. The molecule has 1 unspecified atom stereocenters. The van der Waals surface area contributed by atoms with Gasteiger partial charge in [-0.2, -0.15) is 10.2 Å². The molecule has 3 rings (SSSR count). The normalized spacial score (nSPS) is 18.8. The molecule has 18 heavy (non-hydrogen) atoms. The molecule has 94 valence electrons. The average Bonchev–Trinajstić information content (AvgIpc) is 3.07. The third-order valence-electron chi connectivity index (χ3n) is 2.80. The summed E-state index contributed by atoms with van der Waals surface area (Å²) in [6, 6.07) is 0. The van der Waals surface area contributed by atoms with E-state index in [2.05, 4.69) is 20.2 Å². The first-order valence-corrected chi connectivity index (χ1v) is 6.46. The van der Waals surface area contributed by atoms with Crippen molar-refractivity contribution in [1.82, 2.24) is 20.0 Å². The highest BCUT2D eigenvalue weighted by Crippen LogP contribution is 2.42. The van der Waals surface area contributed by atoms with Crippen molar-refractivity contribution in [3.63, 3.8) is 0 Å². The second-order valence-corrected chi connectivity index (χ2v) is 5.00. The third-order valence-corrected chi connectivity index (χ3v) is 3.83. The van der Waals surface area contributed by atoms with Crippen LogP contribution in [0.25, 0.3) is 0 Å². The number of aromatic amines is 1. The molecule has 0 saturated heterocycles. The van der Waals surface area contributed by atoms with E-state index in [0.717, 1.165) is 11.3 Å². The van der Waals surface area contributed by atoms with Gasteiger partial charge in [-0.1, -0.05) is 0 Å². The summed E-state index contributed by atoms with van der Waals surface area (Å²) in [6.45, 7) is -0.0662. The van der Waals surface area contributed by atoms with Crippen LogP contribution in [0.3, 0.4) is 0 Å². The Morgan fingerprint density at radius 3 is 3.17 bits per heavy atom. The molecule has 0 fully saturated rings. The van der Waals surface area contributed by atoms with Crippen LogP contribution in [0.1, 0.15) is 16.6 Å². The number of aromatic nitrogens is 4. The molecule has 2 N–H and O–H groups in total. The molecule has 1 aliphatic heterocycles. The van der Waals surface area contributed by atoms with E-state index in [4.69, 9.17) is 0 Å². The molecule has 0 radical (unpaired) electrons. The van der Waals surface area contributed by atoms with Crippen LogP contribution in [-0.4, -0.2) is 25.1 Å². The lowest BCUT2D eigenvalue weighted by Crippen LogP contribution is -2.17. The first-order valence-electron chi connectivity index (χ1n) is 5.52. The number of nitrogens with one attached hydrogen (secondary N) is 1. The van der Waals surface area contributed by atoms with Crippen LogP contribution in [0.15, 0.2) is 30.2 Å². The second-order valence-electron chi connectivity index (χ2n) is 4.01. The quantitative estimate of drug-likeness (QED) is 0.875. The van der Waals surface area contributed by atoms with E-state index in [0.29, 0.717) is 5.69 Å². The lowest BCUT2D eigenvalue weighted by Gasteiger charge is -2.23. The molecule has 6 nitrogen and oxygen atoms in total. The molecule has 0 amide bonds. The summed E-state index contributed by atoms with van der Waals surface area (Å²) in [5.74, 6) is 0. The van der Waals surface area contributed by atoms with Crippen molar-refractivity contribution in [2.45, 2.75) is 12.0 Å². The Labute approximate surface area is 108 Å². The number of nitrogens with zero attached hydrogens (tertiary/aromatic N) is 4. The molecule has 1 atom stereocenters. The van der Waals surface area contributed by atoms with Crippen LogP contribution < -0.4 is 4.90 Å². The largest absolute Gasteiger partial charge is 0.390 e. The van der Waals surface area contributed by atoms with Crippen molar-refractivity contribution in [1.29, 1.82) is 0 Å². The molecule has 1 aliphatic rings. The van der Waals surface area contributed by atoms with Gasteiger partial charge in [0.2, 0.25) is 0 Å². The van der Waals surface area contributed by atoms with Gasteiger partial charge >= 0.3 is 0 Å². The number of anilines is 1. The van der Waals surface area contributed by atoms with Gasteiger partial charge in [0.25, 0.3) is 0 Å². The zero-order valence-electron chi connectivity index (χ0n) is 9.82. The van der Waals surface area contributed by atoms with E-state index in [9.17, 15) is 5.11 Å². The number of aryl methyl sites for hydroxylation is 1. The molecule has 0 bridgehead atoms. The Bertz CT molecular complexity index is 562. The summed E-state index contributed by atoms with van der Waals surface area (Å²) in [4.78, 5) is 2.09. The predicted octanol–water partition coefficient (Wildman–Crippen LogP) is 1.36. The van der Waals surface area contributed by atoms with Gasteiger partial charge in [-0.05, 0) is 5.41 Å². The Kier molecular flexibility index (Phi) is 2.85. The fourth-order valence-electron chi connectivity index (χ4n) is 2.01. The van der Waals surface area contributed by atoms with Crippen LogP contribution in [0.2, 0.25) is 0 Å². The lowest BCUT2D eigenvalue weighted by molar-refractivity contribution is 0.276. The Morgan fingerprint density at radius 1 is 1.56 bits per heavy atom. The molecule has 0 aliphatic carbocycles. The number of thioether (sulfide) groups is 1. The van der Waals surface area contributed by atoms with Crippen LogP contribution in [0.5, 0.6) is 0 Å². The minimum atomic E-state index is -0.0662. The van der Waals surface area contributed by atoms with Gasteiger partial charge < -0.3 is 10.0 Å². The molecule has 0 aromatic carbocycles. The molecular weight excluding hydrogens is 250 g/mol. The van der Waals surface area contributed by atoms with Crippen molar-refractivity contribution in [2.75, 3.05) is 4.90 Å². The standard InChI is InChI=1S/C11H13N5OS/c1-15-6-10(9(7-17)14-15)16-2-3-18-11(16)8-4-12-13-5-8/h2-6,11,17H,7H2,1H3,(H,12,13). The topological polar surface area (TPSA) is 70.0 Å². The van der Waals surface area contributed by atoms with Gasteiger partial charge in [0.1, 0.15) is 11.1 Å². The summed E-state index contributed by atoms with van der Waals surface area (Å²) in [6.07, 6.45) is 7.60. The maximum atomic E-state index is 9.36. The lowest BCUT2D eigenvalue weighted by atomic mass is 10.3. The summed E-state index contributed by atoms with van der Waals surface area (Å²) in [5, 5.41) is 22.6. The number of hydrogen-bond donors (Lipinski definition) is 2. The zero-order valence-corrected chi connectivity index (χ0v) is 10.6. The fourth-order valence-corrected chi connectivity index (χ4v) is 2.96. The monoisotopic (exact) mass is 263 g/mol. The zero-order chi connectivity index (χ0) is 12.5. The van der Waals surface area contributed by atoms with Gasteiger partial charge in [0.05, 0.1) is 18.5 Å². The second kappa shape index (κ2) is 4.51. The highest BCUT2D eigenvalue weighted by Gasteiger charge is 2.27. The first kappa shape index (κ1) is 11.4. The number of aliphatic hydroxyl groups excluding tert-OH is 1. The molecule has 0 spiro atoms. The van der Waals surface area contributed by atoms with Crippen LogP contribution in [0, 0.1) is 0 Å². The van der Waals surface area contributed by atoms with Gasteiger partial charge in [-0.3, -0.25) is 9.78 Å². The van der Waals surface area contributed by atoms with Crippen LogP contribution in [0.4, 0.5) is 5.69 Å². The third kappa shape index (κ3) is 1.81. The molecule has 3 heterocycles. The first-order chi connectivity index (χ1) is 8.79. The fraction of sp³-hybridized carbons (Fsp3) is 0.273. The van der Waals surface area contributed by atoms with E-state index in [1.165, 1.54) is 0 Å². The molecule has 2 aromatic heterocycles. The molecule has 7 heteroatoms. The summed E-state index contributed by atoms with van der Waals surface area (Å²) in [5.41, 5.74) is 2.70. The van der Waals surface area contributed by atoms with Crippen LogP contribution in [-0.2, 0) is 13.7 Å². The van der Waals surface area contributed by atoms with Crippen molar-refractivity contribution in [2.24, 2.45) is 7.05 Å². The molecule has 0 saturated carbocycles. The minimum Gasteiger partial charge on any atom is -0.390 e. The van der Waals surface area contributed by atoms with Gasteiger partial charge in [0.15, 0.2) is 0 Å². The summed E-state index contributed by atoms with van der Waals surface area (Å²) in [7, 11) is 1.85. The Balaban J connectivity index is 1.97. The maximum Gasteiger partial charge on any atom is 0.112 e. The number of aliphatic hydroxyl groups is 1. The SMILES string of the molecule is Cn1cc(N2C=CSC2c2cn[nH]c2)c(CO)n1. The van der Waals surface area contributed by atoms with Crippen molar-refractivity contribution in [3.05, 3.63) is 41.5 Å². The van der Waals surface area contributed by atoms with Gasteiger partial charge in [-0.25, -0.2) is 0 Å². The minimum absolute atomic E-state index is 0.0662. The molecule has 2 aromatic rings. The van der Waals surface area contributed by atoms with E-state index in [1.807, 2.05) is 37.2 Å². The van der Waals surface area contributed by atoms with Gasteiger partial charge in [-0.15, -0.1) is 11.8 Å². The van der Waals surface area contributed by atoms with E-state index >= 15 is 0 Å². The summed E-state index contributed by atoms with van der Waals surface area (Å²) >= 11 is 1.70. The number of rotatable bonds is 3. The van der Waals surface area contributed by atoms with Gasteiger partial charge in [0, 0.05) is 31.2 Å². The average molecular weight is 263 g/mol. The maximum absolute atomic E-state index is 9.36. The van der Waals surface area contributed by atoms with Crippen molar-refractivity contribution >= 4 is 17.4 Å². The highest BCUT2D eigenvalue weighted by atomic mass is 32.2. The van der Waals surface area contributed by atoms with Crippen LogP contribution >= 0.6 is 11.8 Å². The Hall–Kier alpha value is -1.73. The van der Waals surface area contributed by atoms with Crippen molar-refractivity contribution < 1.29 is 5.11 Å². The highest BCUT2D eigenvalue weighted by molar-refractivity contribution is 8.02.